The van der Waals surface area contributed by atoms with Crippen LogP contribution in [0.5, 0.6) is 0 Å². The summed E-state index contributed by atoms with van der Waals surface area (Å²) in [6.07, 6.45) is 0. The first kappa shape index (κ1) is 12.3. The van der Waals surface area contributed by atoms with E-state index in [1.165, 1.54) is 7.11 Å². The minimum Gasteiger partial charge on any atom is -0.375 e. The molecule has 6 heteroatoms. The molecule has 0 atom stereocenters. The summed E-state index contributed by atoms with van der Waals surface area (Å²) >= 11 is 0. The molecule has 0 saturated carbocycles. The molecule has 2 N–H and O–H groups in total. The van der Waals surface area contributed by atoms with E-state index in [0.717, 1.165) is 5.39 Å². The van der Waals surface area contributed by atoms with Crippen molar-refractivity contribution in [1.29, 1.82) is 0 Å². The van der Waals surface area contributed by atoms with Crippen LogP contribution >= 0.6 is 0 Å². The number of nitrogens with one attached hydrogen (secondary N) is 2. The number of carbonyl (C=O) groups excluding carboxylic acids is 1. The SMILES string of the molecule is COCC(=O)NCc1n[nH]c(=O)c2ccccc12. The molecule has 0 aliphatic rings. The summed E-state index contributed by atoms with van der Waals surface area (Å²) in [5.41, 5.74) is 0.382. The van der Waals surface area contributed by atoms with Crippen LogP contribution in [0, 0.1) is 0 Å². The number of methoxy groups -OCH3 is 1. The first-order valence-corrected chi connectivity index (χ1v) is 5.44. The van der Waals surface area contributed by atoms with Gasteiger partial charge in [0.25, 0.3) is 5.56 Å². The van der Waals surface area contributed by atoms with Crippen LogP contribution in [0.4, 0.5) is 0 Å². The first-order chi connectivity index (χ1) is 8.72. The van der Waals surface area contributed by atoms with Crippen molar-refractivity contribution < 1.29 is 9.53 Å². The second kappa shape index (κ2) is 5.42. The van der Waals surface area contributed by atoms with E-state index in [4.69, 9.17) is 4.74 Å². The Kier molecular flexibility index (Phi) is 3.69. The largest absolute Gasteiger partial charge is 0.375 e. The molecule has 0 bridgehead atoms. The standard InChI is InChI=1S/C12H13N3O3/c1-18-7-11(16)13-6-10-8-4-2-3-5-9(8)12(17)15-14-10/h2-5H,6-7H2,1H3,(H,13,16)(H,15,17). The van der Waals surface area contributed by atoms with Crippen LogP contribution < -0.4 is 10.9 Å². The van der Waals surface area contributed by atoms with Crippen molar-refractivity contribution in [3.8, 4) is 0 Å². The number of ether oxygens (including phenoxy) is 1. The highest BCUT2D eigenvalue weighted by atomic mass is 16.5. The van der Waals surface area contributed by atoms with Crippen LogP contribution in [0.3, 0.4) is 0 Å². The summed E-state index contributed by atoms with van der Waals surface area (Å²) < 4.78 is 4.71. The van der Waals surface area contributed by atoms with Gasteiger partial charge in [-0.25, -0.2) is 5.10 Å². The third-order valence-corrected chi connectivity index (χ3v) is 2.50. The van der Waals surface area contributed by atoms with E-state index in [1.807, 2.05) is 6.07 Å². The Hall–Kier alpha value is -2.21. The van der Waals surface area contributed by atoms with Gasteiger partial charge in [0.15, 0.2) is 0 Å². The van der Waals surface area contributed by atoms with Gasteiger partial charge in [0.2, 0.25) is 5.91 Å². The average molecular weight is 247 g/mol. The molecule has 0 unspecified atom stereocenters. The Morgan fingerprint density at radius 2 is 2.11 bits per heavy atom. The van der Waals surface area contributed by atoms with Crippen LogP contribution in [0.1, 0.15) is 5.69 Å². The quantitative estimate of drug-likeness (QED) is 0.807. The van der Waals surface area contributed by atoms with E-state index in [9.17, 15) is 9.59 Å². The lowest BCUT2D eigenvalue weighted by molar-refractivity contribution is -0.124. The van der Waals surface area contributed by atoms with Gasteiger partial charge in [-0.1, -0.05) is 18.2 Å². The molecule has 2 rings (SSSR count). The van der Waals surface area contributed by atoms with Crippen LogP contribution in [-0.2, 0) is 16.1 Å². The third-order valence-electron chi connectivity index (χ3n) is 2.50. The number of hydrogen-bond donors (Lipinski definition) is 2. The minimum absolute atomic E-state index is 0.00128. The average Bonchev–Trinajstić information content (AvgIpc) is 2.39. The maximum absolute atomic E-state index is 11.5. The zero-order valence-electron chi connectivity index (χ0n) is 9.90. The van der Waals surface area contributed by atoms with E-state index >= 15 is 0 Å². The van der Waals surface area contributed by atoms with Crippen molar-refractivity contribution in [1.82, 2.24) is 15.5 Å². The number of benzene rings is 1. The molecule has 1 heterocycles. The lowest BCUT2D eigenvalue weighted by Crippen LogP contribution is -2.27. The van der Waals surface area contributed by atoms with E-state index < -0.39 is 0 Å². The molecule has 1 aromatic carbocycles. The normalized spacial score (nSPS) is 10.5. The highest BCUT2D eigenvalue weighted by molar-refractivity contribution is 5.84. The van der Waals surface area contributed by atoms with Gasteiger partial charge in [-0.3, -0.25) is 9.59 Å². The molecule has 0 saturated heterocycles. The maximum Gasteiger partial charge on any atom is 0.272 e. The van der Waals surface area contributed by atoms with E-state index in [-0.39, 0.29) is 24.6 Å². The van der Waals surface area contributed by atoms with Gasteiger partial charge in [0.05, 0.1) is 17.6 Å². The van der Waals surface area contributed by atoms with Gasteiger partial charge in [-0.2, -0.15) is 5.10 Å². The van der Waals surface area contributed by atoms with E-state index in [0.29, 0.717) is 11.1 Å². The summed E-state index contributed by atoms with van der Waals surface area (Å²) in [4.78, 5) is 22.8. The van der Waals surface area contributed by atoms with Crippen LogP contribution in [0.2, 0.25) is 0 Å². The number of nitrogens with zero attached hydrogens (tertiary/aromatic N) is 1. The predicted molar refractivity (Wildman–Crippen MR) is 66.1 cm³/mol. The number of amides is 1. The molecule has 0 aliphatic heterocycles. The Labute approximate surface area is 103 Å². The van der Waals surface area contributed by atoms with Crippen LogP contribution in [-0.4, -0.2) is 29.8 Å². The number of fused-ring (bicyclic) bond motifs is 1. The number of H-pyrrole nitrogens is 1. The molecular formula is C12H13N3O3. The topological polar surface area (TPSA) is 84.1 Å². The Bertz CT molecular complexity index is 621. The number of aromatic amines is 1. The fourth-order valence-electron chi connectivity index (χ4n) is 1.67. The van der Waals surface area contributed by atoms with E-state index in [2.05, 4.69) is 15.5 Å². The van der Waals surface area contributed by atoms with Crippen molar-refractivity contribution in [3.63, 3.8) is 0 Å². The number of rotatable bonds is 4. The molecule has 0 spiro atoms. The summed E-state index contributed by atoms with van der Waals surface area (Å²) in [6.45, 7) is 0.251. The Morgan fingerprint density at radius 3 is 2.83 bits per heavy atom. The summed E-state index contributed by atoms with van der Waals surface area (Å²) in [5.74, 6) is -0.227. The lowest BCUT2D eigenvalue weighted by atomic mass is 10.1. The second-order valence-electron chi connectivity index (χ2n) is 3.75. The van der Waals surface area contributed by atoms with Crippen molar-refractivity contribution in [3.05, 3.63) is 40.3 Å². The van der Waals surface area contributed by atoms with Gasteiger partial charge >= 0.3 is 0 Å². The van der Waals surface area contributed by atoms with Crippen molar-refractivity contribution in [2.24, 2.45) is 0 Å². The summed E-state index contributed by atoms with van der Waals surface area (Å²) in [5, 5.41) is 10.3. The molecule has 2 aromatic rings. The molecule has 0 radical (unpaired) electrons. The Balaban J connectivity index is 2.26. The molecule has 18 heavy (non-hydrogen) atoms. The van der Waals surface area contributed by atoms with Gasteiger partial charge in [0, 0.05) is 12.5 Å². The number of carbonyl (C=O) groups is 1. The molecule has 1 amide bonds. The Morgan fingerprint density at radius 1 is 1.39 bits per heavy atom. The molecule has 1 aromatic heterocycles. The smallest absolute Gasteiger partial charge is 0.272 e. The third kappa shape index (κ3) is 2.54. The van der Waals surface area contributed by atoms with Gasteiger partial charge in [-0.05, 0) is 6.07 Å². The molecule has 0 aliphatic carbocycles. The van der Waals surface area contributed by atoms with Crippen molar-refractivity contribution in [2.45, 2.75) is 6.54 Å². The molecule has 94 valence electrons. The van der Waals surface area contributed by atoms with Crippen molar-refractivity contribution in [2.75, 3.05) is 13.7 Å². The highest BCUT2D eigenvalue weighted by Gasteiger charge is 2.07. The van der Waals surface area contributed by atoms with Gasteiger partial charge < -0.3 is 10.1 Å². The molecular weight excluding hydrogens is 234 g/mol. The number of hydrogen-bond acceptors (Lipinski definition) is 4. The first-order valence-electron chi connectivity index (χ1n) is 5.44. The minimum atomic E-state index is -0.238. The zero-order chi connectivity index (χ0) is 13.0. The van der Waals surface area contributed by atoms with E-state index in [1.54, 1.807) is 18.2 Å². The lowest BCUT2D eigenvalue weighted by Gasteiger charge is -2.06. The zero-order valence-corrected chi connectivity index (χ0v) is 9.90. The predicted octanol–water partition coefficient (Wildman–Crippen LogP) is 0.186. The summed E-state index contributed by atoms with van der Waals surface area (Å²) in [7, 11) is 1.45. The number of aromatic nitrogens is 2. The molecule has 0 fully saturated rings. The maximum atomic E-state index is 11.5. The van der Waals surface area contributed by atoms with Crippen LogP contribution in [0.25, 0.3) is 10.8 Å². The summed E-state index contributed by atoms with van der Waals surface area (Å²) in [6, 6.07) is 7.13. The molecule has 6 nitrogen and oxygen atoms in total. The van der Waals surface area contributed by atoms with Crippen molar-refractivity contribution >= 4 is 16.7 Å². The monoisotopic (exact) mass is 247 g/mol. The second-order valence-corrected chi connectivity index (χ2v) is 3.75. The highest BCUT2D eigenvalue weighted by Crippen LogP contribution is 2.11. The fourth-order valence-corrected chi connectivity index (χ4v) is 1.67. The van der Waals surface area contributed by atoms with Gasteiger partial charge in [-0.15, -0.1) is 0 Å². The van der Waals surface area contributed by atoms with Gasteiger partial charge in [0.1, 0.15) is 6.61 Å². The fraction of sp³-hybridized carbons (Fsp3) is 0.250. The van der Waals surface area contributed by atoms with Crippen LogP contribution in [0.15, 0.2) is 29.1 Å².